The zero-order valence-electron chi connectivity index (χ0n) is 12.7. The molecule has 1 aromatic carbocycles. The van der Waals surface area contributed by atoms with Gasteiger partial charge in [-0.1, -0.05) is 11.8 Å². The van der Waals surface area contributed by atoms with E-state index >= 15 is 0 Å². The first-order valence-electron chi connectivity index (χ1n) is 7.12. The number of aromatic nitrogens is 3. The van der Waals surface area contributed by atoms with Crippen LogP contribution in [-0.4, -0.2) is 37.9 Å². The molecule has 9 heteroatoms. The minimum absolute atomic E-state index is 0.0787. The van der Waals surface area contributed by atoms with E-state index in [4.69, 9.17) is 9.52 Å². The second-order valence-corrected chi connectivity index (χ2v) is 5.76. The first-order valence-corrected chi connectivity index (χ1v) is 8.10. The molecule has 126 valence electrons. The minimum atomic E-state index is -1.02. The summed E-state index contributed by atoms with van der Waals surface area (Å²) in [4.78, 5) is 26.7. The molecule has 0 radical (unpaired) electrons. The maximum Gasteiger partial charge on any atom is 0.335 e. The largest absolute Gasteiger partial charge is 0.478 e. The quantitative estimate of drug-likeness (QED) is 0.647. The van der Waals surface area contributed by atoms with Crippen LogP contribution < -0.4 is 5.32 Å². The summed E-state index contributed by atoms with van der Waals surface area (Å²) in [6.45, 7) is 0. The van der Waals surface area contributed by atoms with Gasteiger partial charge in [0.05, 0.1) is 16.9 Å². The summed E-state index contributed by atoms with van der Waals surface area (Å²) >= 11 is 1.10. The van der Waals surface area contributed by atoms with Crippen LogP contribution in [0.2, 0.25) is 0 Å². The number of aromatic carboxylic acids is 1. The van der Waals surface area contributed by atoms with E-state index in [-0.39, 0.29) is 22.4 Å². The van der Waals surface area contributed by atoms with Crippen LogP contribution in [0, 0.1) is 0 Å². The van der Waals surface area contributed by atoms with Crippen LogP contribution in [0.25, 0.3) is 11.5 Å². The average Bonchev–Trinajstić information content (AvgIpc) is 3.10. The van der Waals surface area contributed by atoms with Crippen LogP contribution >= 0.6 is 11.8 Å². The summed E-state index contributed by atoms with van der Waals surface area (Å²) < 4.78 is 5.47. The highest BCUT2D eigenvalue weighted by molar-refractivity contribution is 7.99. The van der Waals surface area contributed by atoms with Crippen molar-refractivity contribution < 1.29 is 19.1 Å². The first-order chi connectivity index (χ1) is 12.1. The van der Waals surface area contributed by atoms with Gasteiger partial charge in [0.2, 0.25) is 11.8 Å². The monoisotopic (exact) mass is 356 g/mol. The van der Waals surface area contributed by atoms with E-state index in [2.05, 4.69) is 20.5 Å². The molecular weight excluding hydrogens is 344 g/mol. The van der Waals surface area contributed by atoms with Gasteiger partial charge >= 0.3 is 5.97 Å². The van der Waals surface area contributed by atoms with Gasteiger partial charge in [-0.15, -0.1) is 10.2 Å². The Labute approximate surface area is 146 Å². The van der Waals surface area contributed by atoms with Crippen molar-refractivity contribution in [3.63, 3.8) is 0 Å². The van der Waals surface area contributed by atoms with Gasteiger partial charge in [0.25, 0.3) is 5.22 Å². The number of anilines is 1. The Kier molecular flexibility index (Phi) is 5.05. The van der Waals surface area contributed by atoms with Gasteiger partial charge in [0.15, 0.2) is 0 Å². The lowest BCUT2D eigenvalue weighted by Crippen LogP contribution is -2.14. The van der Waals surface area contributed by atoms with Crippen molar-refractivity contribution in [2.75, 3.05) is 11.1 Å². The van der Waals surface area contributed by atoms with E-state index in [1.165, 1.54) is 24.3 Å². The number of carbonyl (C=O) groups excluding carboxylic acids is 1. The number of hydrogen-bond acceptors (Lipinski definition) is 7. The number of nitrogens with one attached hydrogen (secondary N) is 1. The third kappa shape index (κ3) is 4.42. The van der Waals surface area contributed by atoms with E-state index in [0.29, 0.717) is 17.1 Å². The standard InChI is InChI=1S/C16H12N4O4S/c21-13(18-12-5-3-10(4-6-12)15(22)23)9-25-16-20-19-14(24-16)11-2-1-7-17-8-11/h1-8H,9H2,(H,18,21)(H,22,23). The molecule has 0 atom stereocenters. The normalized spacial score (nSPS) is 10.4. The summed E-state index contributed by atoms with van der Waals surface area (Å²) in [5.41, 5.74) is 1.36. The lowest BCUT2D eigenvalue weighted by atomic mass is 10.2. The third-order valence-electron chi connectivity index (χ3n) is 3.06. The van der Waals surface area contributed by atoms with Gasteiger partial charge in [-0.05, 0) is 36.4 Å². The lowest BCUT2D eigenvalue weighted by molar-refractivity contribution is -0.113. The second kappa shape index (κ2) is 7.58. The number of carbonyl (C=O) groups is 2. The van der Waals surface area contributed by atoms with E-state index in [1.54, 1.807) is 24.5 Å². The van der Waals surface area contributed by atoms with Crippen LogP contribution in [-0.2, 0) is 4.79 Å². The van der Waals surface area contributed by atoms with E-state index in [0.717, 1.165) is 11.8 Å². The van der Waals surface area contributed by atoms with Crippen molar-refractivity contribution >= 4 is 29.3 Å². The Morgan fingerprint density at radius 3 is 2.64 bits per heavy atom. The number of hydrogen-bond donors (Lipinski definition) is 2. The average molecular weight is 356 g/mol. The summed E-state index contributed by atoms with van der Waals surface area (Å²) in [5.74, 6) is -0.876. The Balaban J connectivity index is 1.54. The molecule has 3 aromatic rings. The van der Waals surface area contributed by atoms with Crippen molar-refractivity contribution in [2.45, 2.75) is 5.22 Å². The number of carboxylic acid groups (broad SMARTS) is 1. The van der Waals surface area contributed by atoms with Crippen LogP contribution in [0.15, 0.2) is 58.4 Å². The summed E-state index contributed by atoms with van der Waals surface area (Å²) in [6, 6.07) is 9.45. The summed E-state index contributed by atoms with van der Waals surface area (Å²) in [6.07, 6.45) is 3.25. The SMILES string of the molecule is O=C(CSc1nnc(-c2cccnc2)o1)Nc1ccc(C(=O)O)cc1. The van der Waals surface area contributed by atoms with Gasteiger partial charge in [-0.2, -0.15) is 0 Å². The molecule has 0 bridgehead atoms. The van der Waals surface area contributed by atoms with Crippen molar-refractivity contribution in [3.8, 4) is 11.5 Å². The highest BCUT2D eigenvalue weighted by Gasteiger charge is 2.11. The van der Waals surface area contributed by atoms with Crippen LogP contribution in [0.3, 0.4) is 0 Å². The molecule has 0 unspecified atom stereocenters. The molecule has 2 aromatic heterocycles. The topological polar surface area (TPSA) is 118 Å². The number of benzene rings is 1. The fraction of sp³-hybridized carbons (Fsp3) is 0.0625. The summed E-state index contributed by atoms with van der Waals surface area (Å²) in [5, 5.41) is 19.6. The number of carboxylic acids is 1. The predicted octanol–water partition coefficient (Wildman–Crippen LogP) is 2.56. The molecular formula is C16H12N4O4S. The van der Waals surface area contributed by atoms with Gasteiger partial charge in [-0.25, -0.2) is 4.79 Å². The van der Waals surface area contributed by atoms with Gasteiger partial charge in [0.1, 0.15) is 0 Å². The predicted molar refractivity (Wildman–Crippen MR) is 90.3 cm³/mol. The molecule has 25 heavy (non-hydrogen) atoms. The fourth-order valence-corrected chi connectivity index (χ4v) is 2.46. The molecule has 0 aliphatic heterocycles. The fourth-order valence-electron chi connectivity index (χ4n) is 1.89. The molecule has 0 saturated heterocycles. The van der Waals surface area contributed by atoms with E-state index in [1.807, 2.05) is 0 Å². The maximum absolute atomic E-state index is 11.9. The zero-order valence-corrected chi connectivity index (χ0v) is 13.6. The Morgan fingerprint density at radius 2 is 1.96 bits per heavy atom. The molecule has 8 nitrogen and oxygen atoms in total. The number of pyridine rings is 1. The second-order valence-electron chi connectivity index (χ2n) is 4.83. The molecule has 0 aliphatic rings. The van der Waals surface area contributed by atoms with Gasteiger partial charge < -0.3 is 14.8 Å². The van der Waals surface area contributed by atoms with Gasteiger partial charge in [0, 0.05) is 18.1 Å². The van der Waals surface area contributed by atoms with Crippen LogP contribution in [0.1, 0.15) is 10.4 Å². The third-order valence-corrected chi connectivity index (χ3v) is 3.88. The molecule has 2 heterocycles. The highest BCUT2D eigenvalue weighted by atomic mass is 32.2. The Hall–Kier alpha value is -3.20. The maximum atomic E-state index is 11.9. The van der Waals surface area contributed by atoms with Crippen LogP contribution in [0.4, 0.5) is 5.69 Å². The Bertz CT molecular complexity index is 881. The number of nitrogens with zero attached hydrogens (tertiary/aromatic N) is 3. The van der Waals surface area contributed by atoms with Crippen molar-refractivity contribution in [1.82, 2.24) is 15.2 Å². The number of amides is 1. The van der Waals surface area contributed by atoms with Crippen molar-refractivity contribution in [3.05, 3.63) is 54.4 Å². The summed E-state index contributed by atoms with van der Waals surface area (Å²) in [7, 11) is 0. The number of thioether (sulfide) groups is 1. The highest BCUT2D eigenvalue weighted by Crippen LogP contribution is 2.22. The number of rotatable bonds is 6. The van der Waals surface area contributed by atoms with Crippen molar-refractivity contribution in [1.29, 1.82) is 0 Å². The molecule has 3 rings (SSSR count). The van der Waals surface area contributed by atoms with E-state index < -0.39 is 5.97 Å². The van der Waals surface area contributed by atoms with Gasteiger partial charge in [-0.3, -0.25) is 9.78 Å². The molecule has 2 N–H and O–H groups in total. The lowest BCUT2D eigenvalue weighted by Gasteiger charge is -2.04. The zero-order chi connectivity index (χ0) is 17.6. The Morgan fingerprint density at radius 1 is 1.16 bits per heavy atom. The molecule has 0 saturated carbocycles. The minimum Gasteiger partial charge on any atom is -0.478 e. The molecule has 0 spiro atoms. The molecule has 0 fully saturated rings. The van der Waals surface area contributed by atoms with Crippen molar-refractivity contribution in [2.24, 2.45) is 0 Å². The molecule has 1 amide bonds. The molecule has 0 aliphatic carbocycles. The smallest absolute Gasteiger partial charge is 0.335 e. The van der Waals surface area contributed by atoms with Crippen LogP contribution in [0.5, 0.6) is 0 Å². The first kappa shape index (κ1) is 16.7. The van der Waals surface area contributed by atoms with E-state index in [9.17, 15) is 9.59 Å².